The van der Waals surface area contributed by atoms with Crippen molar-refractivity contribution < 1.29 is 12.8 Å². The van der Waals surface area contributed by atoms with Gasteiger partial charge in [0, 0.05) is 18.9 Å². The number of benzene rings is 1. The van der Waals surface area contributed by atoms with Crippen molar-refractivity contribution in [3.05, 3.63) is 30.1 Å². The van der Waals surface area contributed by atoms with Crippen molar-refractivity contribution in [2.24, 2.45) is 7.05 Å². The summed E-state index contributed by atoms with van der Waals surface area (Å²) in [6, 6.07) is 5.68. The van der Waals surface area contributed by atoms with Crippen LogP contribution < -0.4 is 0 Å². The molecule has 0 unspecified atom stereocenters. The summed E-state index contributed by atoms with van der Waals surface area (Å²) in [5.41, 5.74) is 0.440. The van der Waals surface area contributed by atoms with E-state index in [-0.39, 0.29) is 11.0 Å². The summed E-state index contributed by atoms with van der Waals surface area (Å²) in [4.78, 5) is 3.89. The van der Waals surface area contributed by atoms with Gasteiger partial charge in [-0.3, -0.25) is 0 Å². The Labute approximate surface area is 97.8 Å². The third-order valence-electron chi connectivity index (χ3n) is 2.14. The van der Waals surface area contributed by atoms with Gasteiger partial charge in [0.1, 0.15) is 5.82 Å². The van der Waals surface area contributed by atoms with E-state index in [1.807, 2.05) is 0 Å². The second kappa shape index (κ2) is 3.92. The highest BCUT2D eigenvalue weighted by Gasteiger charge is 2.17. The van der Waals surface area contributed by atoms with Crippen molar-refractivity contribution in [3.63, 3.8) is 0 Å². The summed E-state index contributed by atoms with van der Waals surface area (Å²) in [6.07, 6.45) is 1.05. The molecule has 0 aliphatic rings. The highest BCUT2D eigenvalue weighted by Crippen LogP contribution is 2.17. The molecule has 7 heteroatoms. The van der Waals surface area contributed by atoms with E-state index >= 15 is 0 Å². The van der Waals surface area contributed by atoms with Gasteiger partial charge in [-0.05, 0) is 12.1 Å². The maximum atomic E-state index is 13.0. The Kier molecular flexibility index (Phi) is 2.70. The summed E-state index contributed by atoms with van der Waals surface area (Å²) in [6.45, 7) is 0. The van der Waals surface area contributed by atoms with E-state index in [1.54, 1.807) is 6.07 Å². The number of aryl methyl sites for hydroxylation is 1. The third-order valence-corrected chi connectivity index (χ3v) is 3.16. The van der Waals surface area contributed by atoms with Gasteiger partial charge in [0.2, 0.25) is 15.0 Å². The first-order valence-corrected chi connectivity index (χ1v) is 6.64. The molecule has 0 spiro atoms. The fourth-order valence-corrected chi connectivity index (χ4v) is 2.22. The van der Waals surface area contributed by atoms with E-state index in [4.69, 9.17) is 0 Å². The van der Waals surface area contributed by atoms with Crippen LogP contribution in [0.2, 0.25) is 0 Å². The first kappa shape index (κ1) is 11.7. The highest BCUT2D eigenvalue weighted by atomic mass is 32.2. The van der Waals surface area contributed by atoms with Crippen LogP contribution in [0.4, 0.5) is 4.39 Å². The van der Waals surface area contributed by atoms with E-state index in [9.17, 15) is 12.8 Å². The van der Waals surface area contributed by atoms with E-state index in [0.717, 1.165) is 10.9 Å². The van der Waals surface area contributed by atoms with Crippen LogP contribution in [0.15, 0.2) is 29.4 Å². The first-order chi connectivity index (χ1) is 7.88. The van der Waals surface area contributed by atoms with Crippen LogP contribution in [-0.2, 0) is 16.9 Å². The first-order valence-electron chi connectivity index (χ1n) is 4.75. The van der Waals surface area contributed by atoms with Crippen molar-refractivity contribution in [1.29, 1.82) is 0 Å². The van der Waals surface area contributed by atoms with Gasteiger partial charge < -0.3 is 0 Å². The predicted octanol–water partition coefficient (Wildman–Crippen LogP) is 1.02. The zero-order valence-electron chi connectivity index (χ0n) is 9.25. The van der Waals surface area contributed by atoms with Gasteiger partial charge in [-0.15, -0.1) is 0 Å². The maximum absolute atomic E-state index is 13.0. The Morgan fingerprint density at radius 2 is 2.06 bits per heavy atom. The molecule has 0 radical (unpaired) electrons. The summed E-state index contributed by atoms with van der Waals surface area (Å²) in [5.74, 6) is -0.233. The van der Waals surface area contributed by atoms with Crippen LogP contribution in [-0.4, -0.2) is 29.4 Å². The lowest BCUT2D eigenvalue weighted by molar-refractivity contribution is 0.575. The summed E-state index contributed by atoms with van der Waals surface area (Å²) >= 11 is 0. The smallest absolute Gasteiger partial charge is 0.239 e. The molecule has 1 aromatic heterocycles. The number of rotatable bonds is 2. The number of halogens is 1. The van der Waals surface area contributed by atoms with Crippen LogP contribution in [0.3, 0.4) is 0 Å². The zero-order valence-corrected chi connectivity index (χ0v) is 10.1. The Bertz CT molecular complexity index is 664. The molecule has 0 saturated heterocycles. The fourth-order valence-electron chi connectivity index (χ4n) is 1.44. The molecule has 2 rings (SSSR count). The van der Waals surface area contributed by atoms with Gasteiger partial charge in [0.25, 0.3) is 0 Å². The number of nitrogens with zero attached hydrogens (tertiary/aromatic N) is 3. The van der Waals surface area contributed by atoms with Gasteiger partial charge >= 0.3 is 0 Å². The minimum atomic E-state index is -3.44. The Morgan fingerprint density at radius 3 is 2.59 bits per heavy atom. The average Bonchev–Trinajstić information content (AvgIpc) is 2.60. The van der Waals surface area contributed by atoms with Crippen LogP contribution in [0.1, 0.15) is 0 Å². The van der Waals surface area contributed by atoms with Gasteiger partial charge in [-0.25, -0.2) is 17.5 Å². The minimum Gasteiger partial charge on any atom is -0.239 e. The quantitative estimate of drug-likeness (QED) is 0.803. The lowest BCUT2D eigenvalue weighted by Crippen LogP contribution is -2.06. The molecular formula is C10H10FN3O2S. The second-order valence-electron chi connectivity index (χ2n) is 3.62. The monoisotopic (exact) mass is 255 g/mol. The van der Waals surface area contributed by atoms with Gasteiger partial charge in [0.15, 0.2) is 5.82 Å². The Hall–Kier alpha value is -1.76. The molecule has 0 aliphatic carbocycles. The van der Waals surface area contributed by atoms with Crippen molar-refractivity contribution in [1.82, 2.24) is 14.8 Å². The number of hydrogen-bond acceptors (Lipinski definition) is 4. The van der Waals surface area contributed by atoms with Crippen molar-refractivity contribution in [2.75, 3.05) is 6.26 Å². The topological polar surface area (TPSA) is 64.8 Å². The van der Waals surface area contributed by atoms with Crippen LogP contribution in [0.5, 0.6) is 0 Å². The molecule has 0 aliphatic heterocycles. The largest absolute Gasteiger partial charge is 0.245 e. The lowest BCUT2D eigenvalue weighted by Gasteiger charge is -1.93. The van der Waals surface area contributed by atoms with Crippen molar-refractivity contribution in [2.45, 2.75) is 5.16 Å². The number of hydrogen-bond donors (Lipinski definition) is 0. The second-order valence-corrected chi connectivity index (χ2v) is 5.53. The minimum absolute atomic E-state index is 0.142. The maximum Gasteiger partial charge on any atom is 0.245 e. The molecular weight excluding hydrogens is 245 g/mol. The molecule has 0 saturated carbocycles. The molecule has 0 N–H and O–H groups in total. The Morgan fingerprint density at radius 1 is 1.35 bits per heavy atom. The molecule has 0 fully saturated rings. The van der Waals surface area contributed by atoms with E-state index < -0.39 is 15.7 Å². The van der Waals surface area contributed by atoms with E-state index in [2.05, 4.69) is 10.1 Å². The molecule has 90 valence electrons. The SMILES string of the molecule is Cn1nc(-c2cccc(F)c2)nc1S(C)(=O)=O. The van der Waals surface area contributed by atoms with Gasteiger partial charge in [0.05, 0.1) is 0 Å². The molecule has 0 bridgehead atoms. The molecule has 0 atom stereocenters. The van der Waals surface area contributed by atoms with Crippen LogP contribution in [0, 0.1) is 5.82 Å². The van der Waals surface area contributed by atoms with Crippen LogP contribution >= 0.6 is 0 Å². The zero-order chi connectivity index (χ0) is 12.6. The fraction of sp³-hybridized carbons (Fsp3) is 0.200. The van der Waals surface area contributed by atoms with E-state index in [1.165, 1.54) is 25.2 Å². The summed E-state index contributed by atoms with van der Waals surface area (Å²) in [5, 5.41) is 3.81. The van der Waals surface area contributed by atoms with Crippen molar-refractivity contribution in [3.8, 4) is 11.4 Å². The molecule has 2 aromatic rings. The summed E-state index contributed by atoms with van der Waals surface area (Å²) < 4.78 is 36.9. The molecule has 1 heterocycles. The van der Waals surface area contributed by atoms with Crippen molar-refractivity contribution >= 4 is 9.84 Å². The predicted molar refractivity (Wildman–Crippen MR) is 59.5 cm³/mol. The molecule has 0 amide bonds. The molecule has 5 nitrogen and oxygen atoms in total. The lowest BCUT2D eigenvalue weighted by atomic mass is 10.2. The Balaban J connectivity index is 2.56. The normalized spacial score (nSPS) is 11.7. The summed E-state index contributed by atoms with van der Waals surface area (Å²) in [7, 11) is -1.96. The standard InChI is InChI=1S/C10H10FN3O2S/c1-14-10(17(2,15)16)12-9(13-14)7-4-3-5-8(11)6-7/h3-6H,1-2H3. The molecule has 17 heavy (non-hydrogen) atoms. The van der Waals surface area contributed by atoms with Gasteiger partial charge in [-0.1, -0.05) is 12.1 Å². The average molecular weight is 255 g/mol. The molecule has 1 aromatic carbocycles. The number of aromatic nitrogens is 3. The van der Waals surface area contributed by atoms with Crippen LogP contribution in [0.25, 0.3) is 11.4 Å². The highest BCUT2D eigenvalue weighted by molar-refractivity contribution is 7.90. The van der Waals surface area contributed by atoms with Gasteiger partial charge in [-0.2, -0.15) is 10.1 Å². The third kappa shape index (κ3) is 2.33. The number of sulfone groups is 1. The van der Waals surface area contributed by atoms with E-state index in [0.29, 0.717) is 5.56 Å².